The van der Waals surface area contributed by atoms with Crippen molar-refractivity contribution in [3.8, 4) is 0 Å². The van der Waals surface area contributed by atoms with Crippen molar-refractivity contribution in [2.45, 2.75) is 82.3 Å². The van der Waals surface area contributed by atoms with E-state index in [1.54, 1.807) is 35.6 Å². The molecule has 2 fully saturated rings. The van der Waals surface area contributed by atoms with E-state index in [-0.39, 0.29) is 34.0 Å². The number of pyridine rings is 1. The van der Waals surface area contributed by atoms with Gasteiger partial charge in [-0.05, 0) is 57.7 Å². The first-order chi connectivity index (χ1) is 18.2. The normalized spacial score (nSPS) is 17.6. The number of hydrogen-bond donors (Lipinski definition) is 1. The Bertz CT molecular complexity index is 1340. The van der Waals surface area contributed by atoms with Crippen molar-refractivity contribution in [3.63, 3.8) is 0 Å². The molecule has 1 saturated carbocycles. The lowest BCUT2D eigenvalue weighted by molar-refractivity contribution is 0.0859. The SMILES string of the molecule is CCOC(=O)N1CCC(NC(=O)c2cn(CC)c3ccc(S(=O)(=O)N(C)C4CCCCC4)cc3c2=O)CC1. The summed E-state index contributed by atoms with van der Waals surface area (Å²) in [5, 5.41) is 3.14. The van der Waals surface area contributed by atoms with Crippen LogP contribution in [-0.4, -0.2) is 73.0 Å². The van der Waals surface area contributed by atoms with Crippen molar-refractivity contribution in [3.05, 3.63) is 40.2 Å². The van der Waals surface area contributed by atoms with Crippen LogP contribution in [-0.2, 0) is 21.3 Å². The van der Waals surface area contributed by atoms with Crippen LogP contribution in [0.4, 0.5) is 4.79 Å². The van der Waals surface area contributed by atoms with Gasteiger partial charge in [-0.15, -0.1) is 0 Å². The fourth-order valence-electron chi connectivity index (χ4n) is 5.45. The third kappa shape index (κ3) is 5.73. The molecule has 0 atom stereocenters. The third-order valence-corrected chi connectivity index (χ3v) is 9.67. The molecule has 1 aliphatic carbocycles. The number of aromatic nitrogens is 1. The number of ether oxygens (including phenoxy) is 1. The molecular formula is C27H38N4O6S. The second kappa shape index (κ2) is 11.9. The lowest BCUT2D eigenvalue weighted by Gasteiger charge is -2.31. The van der Waals surface area contributed by atoms with Gasteiger partial charge in [-0.2, -0.15) is 4.31 Å². The molecular weight excluding hydrogens is 508 g/mol. The molecule has 1 aromatic carbocycles. The number of rotatable bonds is 7. The zero-order valence-electron chi connectivity index (χ0n) is 22.4. The Kier molecular flexibility index (Phi) is 8.77. The van der Waals surface area contributed by atoms with Gasteiger partial charge < -0.3 is 19.5 Å². The van der Waals surface area contributed by atoms with Crippen LogP contribution < -0.4 is 10.7 Å². The van der Waals surface area contributed by atoms with Gasteiger partial charge in [0.15, 0.2) is 0 Å². The van der Waals surface area contributed by atoms with E-state index in [2.05, 4.69) is 5.32 Å². The number of piperidine rings is 1. The number of sulfonamides is 1. The average molecular weight is 547 g/mol. The van der Waals surface area contributed by atoms with Crippen molar-refractivity contribution >= 4 is 32.9 Å². The van der Waals surface area contributed by atoms with E-state index in [9.17, 15) is 22.8 Å². The second-order valence-corrected chi connectivity index (χ2v) is 12.1. The summed E-state index contributed by atoms with van der Waals surface area (Å²) < 4.78 is 35.1. The van der Waals surface area contributed by atoms with Crippen LogP contribution in [0.5, 0.6) is 0 Å². The Hall–Kier alpha value is -2.92. The highest BCUT2D eigenvalue weighted by Crippen LogP contribution is 2.27. The summed E-state index contributed by atoms with van der Waals surface area (Å²) in [7, 11) is -2.19. The minimum atomic E-state index is -3.80. The summed E-state index contributed by atoms with van der Waals surface area (Å²) in [6, 6.07) is 4.36. The molecule has 1 N–H and O–H groups in total. The maximum atomic E-state index is 13.5. The molecule has 2 aromatic rings. The molecule has 1 aliphatic heterocycles. The van der Waals surface area contributed by atoms with E-state index in [0.29, 0.717) is 44.6 Å². The Morgan fingerprint density at radius 3 is 2.39 bits per heavy atom. The van der Waals surface area contributed by atoms with E-state index < -0.39 is 21.4 Å². The zero-order valence-corrected chi connectivity index (χ0v) is 23.3. The van der Waals surface area contributed by atoms with Crippen molar-refractivity contribution in [1.82, 2.24) is 19.1 Å². The highest BCUT2D eigenvalue weighted by atomic mass is 32.2. The van der Waals surface area contributed by atoms with E-state index in [4.69, 9.17) is 4.74 Å². The van der Waals surface area contributed by atoms with E-state index >= 15 is 0 Å². The predicted octanol–water partition coefficient (Wildman–Crippen LogP) is 3.33. The molecule has 2 amide bonds. The molecule has 38 heavy (non-hydrogen) atoms. The van der Waals surface area contributed by atoms with Crippen LogP contribution in [0.3, 0.4) is 0 Å². The maximum absolute atomic E-state index is 13.5. The monoisotopic (exact) mass is 546 g/mol. The van der Waals surface area contributed by atoms with Crippen molar-refractivity contribution in [2.75, 3.05) is 26.7 Å². The molecule has 1 saturated heterocycles. The number of hydrogen-bond acceptors (Lipinski definition) is 6. The third-order valence-electron chi connectivity index (χ3n) is 7.76. The number of benzene rings is 1. The van der Waals surface area contributed by atoms with E-state index in [1.807, 2.05) is 6.92 Å². The van der Waals surface area contributed by atoms with Gasteiger partial charge in [0, 0.05) is 50.3 Å². The average Bonchev–Trinajstić information content (AvgIpc) is 2.93. The minimum absolute atomic E-state index is 0.0256. The molecule has 208 valence electrons. The highest BCUT2D eigenvalue weighted by molar-refractivity contribution is 7.89. The predicted molar refractivity (Wildman–Crippen MR) is 145 cm³/mol. The summed E-state index contributed by atoms with van der Waals surface area (Å²) in [4.78, 5) is 40.3. The summed E-state index contributed by atoms with van der Waals surface area (Å²) in [6.07, 6.45) is 7.06. The first kappa shape index (κ1) is 28.1. The van der Waals surface area contributed by atoms with Gasteiger partial charge in [-0.25, -0.2) is 13.2 Å². The van der Waals surface area contributed by atoms with Gasteiger partial charge in [0.05, 0.1) is 17.0 Å². The van der Waals surface area contributed by atoms with Crippen LogP contribution >= 0.6 is 0 Å². The number of aryl methyl sites for hydroxylation is 1. The summed E-state index contributed by atoms with van der Waals surface area (Å²) in [6.45, 7) is 5.38. The number of fused-ring (bicyclic) bond motifs is 1. The van der Waals surface area contributed by atoms with Gasteiger partial charge in [0.25, 0.3) is 5.91 Å². The largest absolute Gasteiger partial charge is 0.450 e. The van der Waals surface area contributed by atoms with Crippen LogP contribution in [0, 0.1) is 0 Å². The van der Waals surface area contributed by atoms with Crippen LogP contribution in [0.25, 0.3) is 10.9 Å². The second-order valence-electron chi connectivity index (χ2n) is 10.1. The number of nitrogens with zero attached hydrogens (tertiary/aromatic N) is 3. The Morgan fingerprint density at radius 1 is 1.08 bits per heavy atom. The summed E-state index contributed by atoms with van der Waals surface area (Å²) in [5.41, 5.74) is 0.0574. The first-order valence-electron chi connectivity index (χ1n) is 13.5. The Labute approximate surface area is 224 Å². The van der Waals surface area contributed by atoms with Crippen molar-refractivity contribution < 1.29 is 22.7 Å². The van der Waals surface area contributed by atoms with Crippen LogP contribution in [0.15, 0.2) is 34.1 Å². The molecule has 2 aliphatic rings. The van der Waals surface area contributed by atoms with Gasteiger partial charge in [-0.3, -0.25) is 9.59 Å². The fraction of sp³-hybridized carbons (Fsp3) is 0.593. The fourth-order valence-corrected chi connectivity index (χ4v) is 6.89. The highest BCUT2D eigenvalue weighted by Gasteiger charge is 2.30. The lowest BCUT2D eigenvalue weighted by atomic mass is 9.96. The molecule has 1 aromatic heterocycles. The number of carbonyl (C=O) groups is 2. The molecule has 0 unspecified atom stereocenters. The molecule has 10 nitrogen and oxygen atoms in total. The van der Waals surface area contributed by atoms with Gasteiger partial charge in [0.1, 0.15) is 5.56 Å². The molecule has 2 heterocycles. The van der Waals surface area contributed by atoms with Crippen molar-refractivity contribution in [2.24, 2.45) is 0 Å². The van der Waals surface area contributed by atoms with Crippen LogP contribution in [0.1, 0.15) is 69.2 Å². The zero-order chi connectivity index (χ0) is 27.4. The number of amides is 2. The lowest BCUT2D eigenvalue weighted by Crippen LogP contribution is -2.47. The topological polar surface area (TPSA) is 118 Å². The first-order valence-corrected chi connectivity index (χ1v) is 15.0. The summed E-state index contributed by atoms with van der Waals surface area (Å²) in [5.74, 6) is -0.499. The molecule has 11 heteroatoms. The standard InChI is InChI=1S/C27H38N4O6S/c1-4-30-18-23(26(33)28-19-13-15-31(16-14-19)27(34)37-5-2)25(32)22-17-21(11-12-24(22)30)38(35,36)29(3)20-9-7-6-8-10-20/h11-12,17-20H,4-10,13-16H2,1-3H3,(H,28,33). The van der Waals surface area contributed by atoms with E-state index in [1.165, 1.54) is 16.6 Å². The molecule has 0 spiro atoms. The number of likely N-dealkylation sites (tertiary alicyclic amines) is 1. The van der Waals surface area contributed by atoms with Gasteiger partial charge in [0.2, 0.25) is 15.5 Å². The minimum Gasteiger partial charge on any atom is -0.450 e. The maximum Gasteiger partial charge on any atom is 0.409 e. The molecule has 4 rings (SSSR count). The number of nitrogens with one attached hydrogen (secondary N) is 1. The molecule has 0 radical (unpaired) electrons. The van der Waals surface area contributed by atoms with Crippen molar-refractivity contribution in [1.29, 1.82) is 0 Å². The Morgan fingerprint density at radius 2 is 1.76 bits per heavy atom. The van der Waals surface area contributed by atoms with Gasteiger partial charge >= 0.3 is 6.09 Å². The quantitative estimate of drug-likeness (QED) is 0.569. The molecule has 0 bridgehead atoms. The van der Waals surface area contributed by atoms with Gasteiger partial charge in [-0.1, -0.05) is 19.3 Å². The van der Waals surface area contributed by atoms with E-state index in [0.717, 1.165) is 32.1 Å². The van der Waals surface area contributed by atoms with Crippen LogP contribution in [0.2, 0.25) is 0 Å². The Balaban J connectivity index is 1.59. The number of carbonyl (C=O) groups excluding carboxylic acids is 2. The summed E-state index contributed by atoms with van der Waals surface area (Å²) >= 11 is 0. The smallest absolute Gasteiger partial charge is 0.409 e.